The highest BCUT2D eigenvalue weighted by Gasteiger charge is 2.29. The number of hydrogen-bond donors (Lipinski definition) is 0. The fraction of sp³-hybridized carbons (Fsp3) is 0.182. The fourth-order valence-electron chi connectivity index (χ4n) is 3.90. The van der Waals surface area contributed by atoms with E-state index in [1.54, 1.807) is 38.5 Å². The van der Waals surface area contributed by atoms with Gasteiger partial charge in [0.05, 0.1) is 19.8 Å². The first-order valence-electron chi connectivity index (χ1n) is 8.92. The first-order chi connectivity index (χ1) is 14.1. The zero-order valence-corrected chi connectivity index (χ0v) is 15.7. The Hall–Kier alpha value is -3.74. The van der Waals surface area contributed by atoms with Crippen LogP contribution in [0.3, 0.4) is 0 Å². The van der Waals surface area contributed by atoms with Gasteiger partial charge in [-0.25, -0.2) is 4.79 Å². The van der Waals surface area contributed by atoms with E-state index < -0.39 is 5.97 Å². The van der Waals surface area contributed by atoms with Crippen LogP contribution in [-0.4, -0.2) is 33.3 Å². The summed E-state index contributed by atoms with van der Waals surface area (Å²) in [6, 6.07) is 8.83. The summed E-state index contributed by atoms with van der Waals surface area (Å²) in [7, 11) is 3.11. The highest BCUT2D eigenvalue weighted by atomic mass is 16.7. The predicted octanol–water partition coefficient (Wildman–Crippen LogP) is 3.74. The van der Waals surface area contributed by atoms with Gasteiger partial charge in [-0.1, -0.05) is 0 Å². The monoisotopic (exact) mass is 392 g/mol. The number of hydrogen-bond acceptors (Lipinski definition) is 7. The second-order valence-electron chi connectivity index (χ2n) is 6.69. The number of esters is 1. The Morgan fingerprint density at radius 3 is 2.34 bits per heavy atom. The molecule has 2 aliphatic heterocycles. The number of cyclic esters (lactones) is 1. The molecular weight excluding hydrogens is 376 g/mol. The summed E-state index contributed by atoms with van der Waals surface area (Å²) in [5.74, 6) is 1.74. The number of fused-ring (bicyclic) bond motifs is 3. The third-order valence-electron chi connectivity index (χ3n) is 5.26. The second kappa shape index (κ2) is 6.41. The van der Waals surface area contributed by atoms with E-state index in [0.717, 1.165) is 28.2 Å². The number of methoxy groups -OCH3 is 2. The Balaban J connectivity index is 1.90. The normalized spacial score (nSPS) is 13.9. The van der Waals surface area contributed by atoms with Gasteiger partial charge in [0.2, 0.25) is 6.79 Å². The van der Waals surface area contributed by atoms with Crippen LogP contribution in [-0.2, 0) is 11.3 Å². The summed E-state index contributed by atoms with van der Waals surface area (Å²) in [6.45, 7) is 0.220. The number of ether oxygens (including phenoxy) is 5. The van der Waals surface area contributed by atoms with Crippen molar-refractivity contribution in [2.75, 3.05) is 21.0 Å². The molecule has 7 heteroatoms. The first-order valence-corrected chi connectivity index (χ1v) is 8.92. The molecule has 0 fully saturated rings. The molecular formula is C22H16O7. The van der Waals surface area contributed by atoms with E-state index in [4.69, 9.17) is 23.7 Å². The topological polar surface area (TPSA) is 80.3 Å². The molecule has 0 bridgehead atoms. The predicted molar refractivity (Wildman–Crippen MR) is 103 cm³/mol. The van der Waals surface area contributed by atoms with Gasteiger partial charge in [-0.15, -0.1) is 0 Å². The van der Waals surface area contributed by atoms with Gasteiger partial charge in [0.1, 0.15) is 6.61 Å². The van der Waals surface area contributed by atoms with Crippen molar-refractivity contribution in [2.45, 2.75) is 6.61 Å². The Morgan fingerprint density at radius 1 is 0.897 bits per heavy atom. The van der Waals surface area contributed by atoms with Gasteiger partial charge in [-0.3, -0.25) is 4.79 Å². The lowest BCUT2D eigenvalue weighted by atomic mass is 9.88. The number of carbonyl (C=O) groups is 2. The zero-order valence-electron chi connectivity index (χ0n) is 15.7. The molecule has 0 saturated heterocycles. The van der Waals surface area contributed by atoms with Crippen molar-refractivity contribution in [1.29, 1.82) is 0 Å². The van der Waals surface area contributed by atoms with Crippen molar-refractivity contribution < 1.29 is 33.3 Å². The molecule has 0 amide bonds. The lowest BCUT2D eigenvalue weighted by Crippen LogP contribution is -1.99. The van der Waals surface area contributed by atoms with Crippen molar-refractivity contribution in [3.8, 4) is 34.1 Å². The van der Waals surface area contributed by atoms with Crippen LogP contribution in [0.25, 0.3) is 21.9 Å². The average molecular weight is 392 g/mol. The van der Waals surface area contributed by atoms with E-state index in [2.05, 4.69) is 0 Å². The molecule has 2 heterocycles. The van der Waals surface area contributed by atoms with Crippen LogP contribution >= 0.6 is 0 Å². The minimum absolute atomic E-state index is 0.0946. The Kier molecular flexibility index (Phi) is 3.84. The molecule has 3 aromatic carbocycles. The van der Waals surface area contributed by atoms with Crippen molar-refractivity contribution in [2.24, 2.45) is 0 Å². The Bertz CT molecular complexity index is 1200. The zero-order chi connectivity index (χ0) is 20.1. The fourth-order valence-corrected chi connectivity index (χ4v) is 3.90. The van der Waals surface area contributed by atoms with Gasteiger partial charge in [0.15, 0.2) is 29.3 Å². The van der Waals surface area contributed by atoms with Crippen LogP contribution in [0.15, 0.2) is 30.3 Å². The van der Waals surface area contributed by atoms with E-state index in [1.165, 1.54) is 0 Å². The largest absolute Gasteiger partial charge is 0.493 e. The van der Waals surface area contributed by atoms with E-state index in [1.807, 2.05) is 6.07 Å². The molecule has 0 saturated carbocycles. The average Bonchev–Trinajstić information content (AvgIpc) is 3.36. The van der Waals surface area contributed by atoms with Gasteiger partial charge >= 0.3 is 5.97 Å². The van der Waals surface area contributed by atoms with Crippen molar-refractivity contribution in [1.82, 2.24) is 0 Å². The van der Waals surface area contributed by atoms with Crippen molar-refractivity contribution in [3.63, 3.8) is 0 Å². The van der Waals surface area contributed by atoms with Gasteiger partial charge in [0.25, 0.3) is 0 Å². The van der Waals surface area contributed by atoms with Crippen LogP contribution in [0.4, 0.5) is 0 Å². The van der Waals surface area contributed by atoms with Gasteiger partial charge in [-0.05, 0) is 52.2 Å². The lowest BCUT2D eigenvalue weighted by Gasteiger charge is -2.16. The van der Waals surface area contributed by atoms with E-state index in [-0.39, 0.29) is 13.4 Å². The lowest BCUT2D eigenvalue weighted by molar-refractivity contribution is 0.0535. The maximum absolute atomic E-state index is 12.3. The summed E-state index contributed by atoms with van der Waals surface area (Å²) >= 11 is 0. The molecule has 2 aliphatic rings. The molecule has 5 rings (SSSR count). The van der Waals surface area contributed by atoms with Gasteiger partial charge in [-0.2, -0.15) is 0 Å². The van der Waals surface area contributed by atoms with Crippen LogP contribution in [0.1, 0.15) is 26.3 Å². The number of carbonyl (C=O) groups excluding carboxylic acids is 2. The molecule has 0 radical (unpaired) electrons. The highest BCUT2D eigenvalue weighted by molar-refractivity contribution is 6.10. The van der Waals surface area contributed by atoms with E-state index in [0.29, 0.717) is 39.7 Å². The highest BCUT2D eigenvalue weighted by Crippen LogP contribution is 2.46. The third-order valence-corrected chi connectivity index (χ3v) is 5.26. The Labute approximate surface area is 165 Å². The summed E-state index contributed by atoms with van der Waals surface area (Å²) < 4.78 is 27.1. The number of rotatable bonds is 4. The molecule has 7 nitrogen and oxygen atoms in total. The molecule has 0 aromatic heterocycles. The van der Waals surface area contributed by atoms with Crippen LogP contribution in [0, 0.1) is 0 Å². The standard InChI is InChI=1S/C22H16O7/c1-25-17-4-11-3-15-16(9-27-22(15)24)21(13(11)6-18(17)26-2)14-7-20-19(28-10-29-20)5-12(14)8-23/h3-8H,9-10H2,1-2H3. The smallest absolute Gasteiger partial charge is 0.338 e. The third kappa shape index (κ3) is 2.51. The SMILES string of the molecule is COc1cc2cc3c(c(-c4cc5c(cc4C=O)OCO5)c2cc1OC)COC3=O. The number of aldehydes is 1. The van der Waals surface area contributed by atoms with E-state index in [9.17, 15) is 9.59 Å². The summed E-state index contributed by atoms with van der Waals surface area (Å²) in [4.78, 5) is 24.2. The summed E-state index contributed by atoms with van der Waals surface area (Å²) in [5, 5.41) is 1.58. The van der Waals surface area contributed by atoms with Crippen LogP contribution in [0.2, 0.25) is 0 Å². The minimum atomic E-state index is -0.397. The molecule has 0 atom stereocenters. The van der Waals surface area contributed by atoms with Gasteiger partial charge in [0, 0.05) is 11.1 Å². The summed E-state index contributed by atoms with van der Waals surface area (Å²) in [6.07, 6.45) is 0.765. The minimum Gasteiger partial charge on any atom is -0.493 e. The van der Waals surface area contributed by atoms with E-state index >= 15 is 0 Å². The number of benzene rings is 3. The van der Waals surface area contributed by atoms with Crippen LogP contribution < -0.4 is 18.9 Å². The molecule has 3 aromatic rings. The second-order valence-corrected chi connectivity index (χ2v) is 6.69. The van der Waals surface area contributed by atoms with Crippen LogP contribution in [0.5, 0.6) is 23.0 Å². The first kappa shape index (κ1) is 17.4. The molecule has 0 spiro atoms. The van der Waals surface area contributed by atoms with Gasteiger partial charge < -0.3 is 23.7 Å². The molecule has 146 valence electrons. The molecule has 0 aliphatic carbocycles. The Morgan fingerprint density at radius 2 is 1.62 bits per heavy atom. The molecule has 0 unspecified atom stereocenters. The maximum Gasteiger partial charge on any atom is 0.338 e. The molecule has 0 N–H and O–H groups in total. The quantitative estimate of drug-likeness (QED) is 0.494. The summed E-state index contributed by atoms with van der Waals surface area (Å²) in [5.41, 5.74) is 2.98. The molecule has 29 heavy (non-hydrogen) atoms. The maximum atomic E-state index is 12.3. The van der Waals surface area contributed by atoms with Crippen molar-refractivity contribution >= 4 is 23.0 Å². The van der Waals surface area contributed by atoms with Crippen molar-refractivity contribution in [3.05, 3.63) is 47.0 Å².